The van der Waals surface area contributed by atoms with Crippen LogP contribution in [-0.2, 0) is 13.6 Å². The largest absolute Gasteiger partial charge is 0.396 e. The fraction of sp³-hybridized carbons (Fsp3) is 0.240. The van der Waals surface area contributed by atoms with E-state index in [0.29, 0.717) is 28.7 Å². The van der Waals surface area contributed by atoms with E-state index >= 15 is 0 Å². The van der Waals surface area contributed by atoms with Gasteiger partial charge in [0.15, 0.2) is 0 Å². The van der Waals surface area contributed by atoms with Crippen molar-refractivity contribution in [3.8, 4) is 0 Å². The van der Waals surface area contributed by atoms with Crippen LogP contribution in [0.4, 0.5) is 15.8 Å². The van der Waals surface area contributed by atoms with Crippen molar-refractivity contribution < 1.29 is 9.18 Å². The second-order valence-corrected chi connectivity index (χ2v) is 9.43. The maximum Gasteiger partial charge on any atom is 0.268 e. The number of nitrogens with zero attached hydrogens (tertiary/aromatic N) is 1. The predicted molar refractivity (Wildman–Crippen MR) is 135 cm³/mol. The number of rotatable bonds is 9. The summed E-state index contributed by atoms with van der Waals surface area (Å²) in [5.74, 6) is -0.795. The molecule has 1 aliphatic rings. The molecule has 9 heteroatoms. The van der Waals surface area contributed by atoms with Crippen LogP contribution in [0.1, 0.15) is 45.7 Å². The Balaban J connectivity index is 1.52. The molecule has 1 fully saturated rings. The van der Waals surface area contributed by atoms with Crippen molar-refractivity contribution >= 4 is 41.5 Å². The molecule has 1 heterocycles. The summed E-state index contributed by atoms with van der Waals surface area (Å²) in [6.07, 6.45) is 4.57. The fourth-order valence-corrected chi connectivity index (χ4v) is 4.73. The minimum atomic E-state index is -0.571. The van der Waals surface area contributed by atoms with Crippen molar-refractivity contribution in [1.82, 2.24) is 9.88 Å². The predicted octanol–water partition coefficient (Wildman–Crippen LogP) is 4.71. The maximum atomic E-state index is 14.1. The molecule has 0 radical (unpaired) electrons. The van der Waals surface area contributed by atoms with E-state index in [4.69, 9.17) is 16.6 Å². The Morgan fingerprint density at radius 1 is 1.24 bits per heavy atom. The first-order chi connectivity index (χ1) is 16.3. The number of anilines is 2. The molecule has 0 atom stereocenters. The van der Waals surface area contributed by atoms with Crippen molar-refractivity contribution in [2.24, 2.45) is 7.05 Å². The molecule has 0 spiro atoms. The monoisotopic (exact) mass is 478 g/mol. The van der Waals surface area contributed by atoms with Gasteiger partial charge in [-0.3, -0.25) is 4.79 Å². The van der Waals surface area contributed by atoms with Gasteiger partial charge in [-0.2, -0.15) is 0 Å². The molecular weight excluding hydrogens is 451 g/mol. The lowest BCUT2D eigenvalue weighted by Crippen LogP contribution is -2.25. The van der Waals surface area contributed by atoms with Crippen molar-refractivity contribution in [1.29, 1.82) is 10.8 Å². The van der Waals surface area contributed by atoms with Crippen LogP contribution in [0.5, 0.6) is 0 Å². The molecule has 176 valence electrons. The van der Waals surface area contributed by atoms with Gasteiger partial charge >= 0.3 is 0 Å². The Labute approximate surface area is 202 Å². The minimum Gasteiger partial charge on any atom is -0.396 e. The van der Waals surface area contributed by atoms with E-state index in [2.05, 4.69) is 10.6 Å². The first-order valence-electron chi connectivity index (χ1n) is 10.9. The molecule has 6 N–H and O–H groups in total. The lowest BCUT2D eigenvalue weighted by Gasteiger charge is -2.15. The number of nitrogens with one attached hydrogen (secondary N) is 4. The summed E-state index contributed by atoms with van der Waals surface area (Å²) in [4.78, 5) is 14.5. The maximum absolute atomic E-state index is 14.1. The number of carbonyl (C=O) groups excluding carboxylic acids is 1. The Kier molecular flexibility index (Phi) is 6.74. The molecule has 1 amide bonds. The molecule has 4 rings (SSSR count). The van der Waals surface area contributed by atoms with E-state index in [1.165, 1.54) is 24.0 Å². The summed E-state index contributed by atoms with van der Waals surface area (Å²) in [7, 11) is 1.82. The van der Waals surface area contributed by atoms with E-state index in [-0.39, 0.29) is 11.6 Å². The molecule has 0 aliphatic heterocycles. The quantitative estimate of drug-likeness (QED) is 0.226. The van der Waals surface area contributed by atoms with Gasteiger partial charge in [-0.1, -0.05) is 30.0 Å². The van der Waals surface area contributed by atoms with Crippen LogP contribution < -0.4 is 16.4 Å². The standard InChI is InChI=1S/C25H27FN6OS/c1-14-22(34-19-8-17(12-28)23(29)20(26)9-19)10-21(32(14)2)25(33)30-13-16-5-3-4-15(11-27)24(16)31-18-6-7-18/h3-5,8-12,18,27-28,31H,6-7,13,29H2,1-2H3,(H,30,33). The van der Waals surface area contributed by atoms with Crippen molar-refractivity contribution in [2.75, 3.05) is 11.1 Å². The van der Waals surface area contributed by atoms with Gasteiger partial charge in [-0.05, 0) is 43.5 Å². The summed E-state index contributed by atoms with van der Waals surface area (Å²) >= 11 is 1.32. The molecule has 1 aliphatic carbocycles. The topological polar surface area (TPSA) is 120 Å². The Morgan fingerprint density at radius 3 is 2.65 bits per heavy atom. The third-order valence-corrected chi connectivity index (χ3v) is 7.05. The summed E-state index contributed by atoms with van der Waals surface area (Å²) in [5.41, 5.74) is 9.93. The Morgan fingerprint density at radius 2 is 1.97 bits per heavy atom. The number of nitrogens with two attached hydrogens (primary N) is 1. The average Bonchev–Trinajstić information content (AvgIpc) is 3.61. The van der Waals surface area contributed by atoms with Crippen LogP contribution in [0.15, 0.2) is 46.2 Å². The SMILES string of the molecule is Cc1c(Sc2cc(F)c(N)c(C=N)c2)cc(C(=O)NCc2cccc(C=N)c2NC2CC2)n1C. The normalized spacial score (nSPS) is 12.9. The lowest BCUT2D eigenvalue weighted by atomic mass is 10.1. The third-order valence-electron chi connectivity index (χ3n) is 5.94. The molecule has 3 aromatic rings. The fourth-order valence-electron chi connectivity index (χ4n) is 3.67. The summed E-state index contributed by atoms with van der Waals surface area (Å²) in [6.45, 7) is 2.23. The third kappa shape index (κ3) is 4.84. The summed E-state index contributed by atoms with van der Waals surface area (Å²) < 4.78 is 15.9. The van der Waals surface area contributed by atoms with Crippen LogP contribution in [0.3, 0.4) is 0 Å². The Hall–Kier alpha value is -3.59. The van der Waals surface area contributed by atoms with E-state index in [1.807, 2.05) is 32.2 Å². The van der Waals surface area contributed by atoms with Crippen LogP contribution in [-0.4, -0.2) is 28.9 Å². The van der Waals surface area contributed by atoms with Gasteiger partial charge in [-0.15, -0.1) is 0 Å². The lowest BCUT2D eigenvalue weighted by molar-refractivity contribution is 0.0942. The van der Waals surface area contributed by atoms with Gasteiger partial charge in [0.1, 0.15) is 11.5 Å². The highest BCUT2D eigenvalue weighted by Crippen LogP contribution is 2.35. The molecular formula is C25H27FN6OS. The molecule has 1 aromatic heterocycles. The zero-order valence-corrected chi connectivity index (χ0v) is 19.9. The summed E-state index contributed by atoms with van der Waals surface area (Å²) in [6, 6.07) is 10.9. The van der Waals surface area contributed by atoms with E-state index in [0.717, 1.165) is 46.5 Å². The second-order valence-electron chi connectivity index (χ2n) is 8.32. The van der Waals surface area contributed by atoms with Gasteiger partial charge in [-0.25, -0.2) is 4.39 Å². The number of carbonyl (C=O) groups is 1. The van der Waals surface area contributed by atoms with Gasteiger partial charge in [0, 0.05) is 64.4 Å². The van der Waals surface area contributed by atoms with Crippen LogP contribution >= 0.6 is 11.8 Å². The van der Waals surface area contributed by atoms with Gasteiger partial charge in [0.05, 0.1) is 5.69 Å². The number of para-hydroxylation sites is 1. The van der Waals surface area contributed by atoms with Crippen molar-refractivity contribution in [3.63, 3.8) is 0 Å². The Bertz CT molecular complexity index is 1280. The molecule has 7 nitrogen and oxygen atoms in total. The number of amides is 1. The number of hydrogen-bond acceptors (Lipinski definition) is 6. The van der Waals surface area contributed by atoms with Gasteiger partial charge < -0.3 is 31.8 Å². The first kappa shape index (κ1) is 23.6. The molecule has 2 aromatic carbocycles. The first-order valence-corrected chi connectivity index (χ1v) is 11.7. The molecule has 1 saturated carbocycles. The number of hydrogen-bond donors (Lipinski definition) is 5. The van der Waals surface area contributed by atoms with Gasteiger partial charge in [0.25, 0.3) is 5.91 Å². The number of nitrogen functional groups attached to an aromatic ring is 1. The van der Waals surface area contributed by atoms with Crippen LogP contribution in [0.2, 0.25) is 0 Å². The molecule has 0 saturated heterocycles. The highest BCUT2D eigenvalue weighted by molar-refractivity contribution is 7.99. The zero-order chi connectivity index (χ0) is 24.4. The van der Waals surface area contributed by atoms with E-state index in [9.17, 15) is 9.18 Å². The van der Waals surface area contributed by atoms with Crippen LogP contribution in [0.25, 0.3) is 0 Å². The number of benzene rings is 2. The minimum absolute atomic E-state index is 0.0492. The number of aromatic nitrogens is 1. The van der Waals surface area contributed by atoms with Crippen molar-refractivity contribution in [3.05, 3.63) is 70.3 Å². The summed E-state index contributed by atoms with van der Waals surface area (Å²) in [5, 5.41) is 21.6. The average molecular weight is 479 g/mol. The second kappa shape index (κ2) is 9.72. The molecule has 0 unspecified atom stereocenters. The van der Waals surface area contributed by atoms with Gasteiger partial charge in [0.2, 0.25) is 0 Å². The van der Waals surface area contributed by atoms with E-state index in [1.54, 1.807) is 16.7 Å². The number of halogens is 1. The highest BCUT2D eigenvalue weighted by Gasteiger charge is 2.23. The highest BCUT2D eigenvalue weighted by atomic mass is 32.2. The van der Waals surface area contributed by atoms with Crippen LogP contribution in [0, 0.1) is 23.6 Å². The zero-order valence-electron chi connectivity index (χ0n) is 19.0. The van der Waals surface area contributed by atoms with Crippen molar-refractivity contribution in [2.45, 2.75) is 42.1 Å². The molecule has 0 bridgehead atoms. The van der Waals surface area contributed by atoms with E-state index < -0.39 is 5.82 Å². The smallest absolute Gasteiger partial charge is 0.268 e. The molecule has 34 heavy (non-hydrogen) atoms.